The summed E-state index contributed by atoms with van der Waals surface area (Å²) in [6, 6.07) is 17.6. The summed E-state index contributed by atoms with van der Waals surface area (Å²) < 4.78 is 12.4. The molecular formula is C23H17ClN4O3. The van der Waals surface area contributed by atoms with Crippen LogP contribution < -0.4 is 15.6 Å². The van der Waals surface area contributed by atoms with Crippen LogP contribution in [0.2, 0.25) is 5.15 Å². The molecule has 0 saturated heterocycles. The lowest BCUT2D eigenvalue weighted by Crippen LogP contribution is -2.17. The Hall–Kier alpha value is -4.02. The van der Waals surface area contributed by atoms with E-state index in [2.05, 4.69) is 16.4 Å². The molecule has 154 valence electrons. The van der Waals surface area contributed by atoms with Gasteiger partial charge in [-0.1, -0.05) is 23.7 Å². The molecule has 0 aliphatic heterocycles. The van der Waals surface area contributed by atoms with E-state index in [0.717, 1.165) is 11.3 Å². The lowest BCUT2D eigenvalue weighted by atomic mass is 10.1. The van der Waals surface area contributed by atoms with Gasteiger partial charge in [0.15, 0.2) is 5.76 Å². The summed E-state index contributed by atoms with van der Waals surface area (Å²) in [7, 11) is 1.60. The molecule has 2 heterocycles. The number of oxazole rings is 1. The number of nitrogens with one attached hydrogen (secondary N) is 1. The van der Waals surface area contributed by atoms with E-state index >= 15 is 0 Å². The van der Waals surface area contributed by atoms with Crippen LogP contribution in [0.15, 0.2) is 70.0 Å². The van der Waals surface area contributed by atoms with Crippen molar-refractivity contribution in [1.29, 1.82) is 5.26 Å². The fourth-order valence-corrected chi connectivity index (χ4v) is 3.36. The van der Waals surface area contributed by atoms with Crippen LogP contribution in [0.25, 0.3) is 17.0 Å². The van der Waals surface area contributed by atoms with Crippen molar-refractivity contribution in [2.75, 3.05) is 12.4 Å². The number of hydrogen-bond donors (Lipinski definition) is 1. The number of halogens is 1. The predicted molar refractivity (Wildman–Crippen MR) is 118 cm³/mol. The molecule has 4 aromatic rings. The first-order valence-electron chi connectivity index (χ1n) is 9.29. The molecule has 0 bridgehead atoms. The molecule has 8 heteroatoms. The Labute approximate surface area is 183 Å². The smallest absolute Gasteiger partial charge is 0.299 e. The van der Waals surface area contributed by atoms with Gasteiger partial charge in [0.1, 0.15) is 10.9 Å². The highest BCUT2D eigenvalue weighted by Crippen LogP contribution is 2.30. The quantitative estimate of drug-likeness (QED) is 0.442. The molecule has 2 aromatic carbocycles. The highest BCUT2D eigenvalue weighted by Gasteiger charge is 2.13. The second-order valence-corrected chi connectivity index (χ2v) is 7.13. The van der Waals surface area contributed by atoms with Crippen LogP contribution in [0.4, 0.5) is 11.7 Å². The minimum atomic E-state index is -0.304. The fourth-order valence-electron chi connectivity index (χ4n) is 3.11. The summed E-state index contributed by atoms with van der Waals surface area (Å²) in [5.74, 6) is 1.14. The van der Waals surface area contributed by atoms with E-state index in [4.69, 9.17) is 20.8 Å². The summed E-state index contributed by atoms with van der Waals surface area (Å²) in [5.41, 5.74) is 2.88. The zero-order valence-corrected chi connectivity index (χ0v) is 17.5. The third-order valence-electron chi connectivity index (χ3n) is 4.69. The van der Waals surface area contributed by atoms with Crippen molar-refractivity contribution in [3.63, 3.8) is 0 Å². The molecule has 0 unspecified atom stereocenters. The molecule has 0 radical (unpaired) electrons. The van der Waals surface area contributed by atoms with Crippen molar-refractivity contribution in [2.24, 2.45) is 0 Å². The van der Waals surface area contributed by atoms with Crippen LogP contribution in [0.5, 0.6) is 5.75 Å². The Morgan fingerprint density at radius 3 is 2.77 bits per heavy atom. The van der Waals surface area contributed by atoms with Crippen molar-refractivity contribution in [3.8, 4) is 28.8 Å². The minimum Gasteiger partial charge on any atom is -0.497 e. The third-order valence-corrected chi connectivity index (χ3v) is 4.98. The maximum absolute atomic E-state index is 12.3. The summed E-state index contributed by atoms with van der Waals surface area (Å²) in [5, 5.41) is 12.8. The van der Waals surface area contributed by atoms with Crippen LogP contribution in [-0.2, 0) is 0 Å². The molecule has 2 aromatic heterocycles. The topological polar surface area (TPSA) is 93.1 Å². The van der Waals surface area contributed by atoms with Gasteiger partial charge in [-0.25, -0.2) is 4.98 Å². The van der Waals surface area contributed by atoms with Gasteiger partial charge in [-0.2, -0.15) is 5.26 Å². The molecule has 4 rings (SSSR count). The van der Waals surface area contributed by atoms with E-state index < -0.39 is 0 Å². The molecule has 7 nitrogen and oxygen atoms in total. The van der Waals surface area contributed by atoms with Gasteiger partial charge < -0.3 is 14.5 Å². The highest BCUT2D eigenvalue weighted by molar-refractivity contribution is 6.29. The van der Waals surface area contributed by atoms with Gasteiger partial charge in [0.05, 0.1) is 30.6 Å². The second-order valence-electron chi connectivity index (χ2n) is 6.74. The van der Waals surface area contributed by atoms with Gasteiger partial charge in [-0.05, 0) is 42.8 Å². The molecule has 31 heavy (non-hydrogen) atoms. The van der Waals surface area contributed by atoms with Crippen LogP contribution in [0, 0.1) is 18.3 Å². The second kappa shape index (κ2) is 8.38. The zero-order chi connectivity index (χ0) is 22.0. The number of aryl methyl sites for hydroxylation is 1. The summed E-state index contributed by atoms with van der Waals surface area (Å²) in [4.78, 5) is 16.6. The number of ether oxygens (including phenoxy) is 1. The fraction of sp³-hybridized carbons (Fsp3) is 0.0870. The molecule has 0 fully saturated rings. The van der Waals surface area contributed by atoms with Crippen LogP contribution >= 0.6 is 11.6 Å². The number of nitriles is 1. The maximum Gasteiger partial charge on any atom is 0.299 e. The normalized spacial score (nSPS) is 10.5. The van der Waals surface area contributed by atoms with Crippen molar-refractivity contribution >= 4 is 23.3 Å². The van der Waals surface area contributed by atoms with E-state index in [9.17, 15) is 10.1 Å². The highest BCUT2D eigenvalue weighted by atomic mass is 35.5. The van der Waals surface area contributed by atoms with Crippen LogP contribution in [-0.4, -0.2) is 16.7 Å². The Morgan fingerprint density at radius 2 is 2.03 bits per heavy atom. The van der Waals surface area contributed by atoms with Crippen LogP contribution in [0.3, 0.4) is 0 Å². The number of methoxy groups -OCH3 is 1. The predicted octanol–water partition coefficient (Wildman–Crippen LogP) is 5.08. The van der Waals surface area contributed by atoms with Crippen LogP contribution in [0.1, 0.15) is 11.1 Å². The Morgan fingerprint density at radius 1 is 1.19 bits per heavy atom. The van der Waals surface area contributed by atoms with Gasteiger partial charge >= 0.3 is 0 Å². The van der Waals surface area contributed by atoms with E-state index in [0.29, 0.717) is 28.3 Å². The number of nitrogens with zero attached hydrogens (tertiary/aromatic N) is 3. The molecule has 1 N–H and O–H groups in total. The summed E-state index contributed by atoms with van der Waals surface area (Å²) in [6.07, 6.45) is 1.55. The van der Waals surface area contributed by atoms with E-state index in [1.54, 1.807) is 43.6 Å². The number of anilines is 2. The first-order chi connectivity index (χ1) is 15.0. The average Bonchev–Trinajstić information content (AvgIpc) is 3.23. The van der Waals surface area contributed by atoms with Gasteiger partial charge in [-0.15, -0.1) is 0 Å². The van der Waals surface area contributed by atoms with E-state index in [1.807, 2.05) is 25.1 Å². The lowest BCUT2D eigenvalue weighted by molar-refractivity contribution is 0.415. The maximum atomic E-state index is 12.3. The Balaban J connectivity index is 1.72. The lowest BCUT2D eigenvalue weighted by Gasteiger charge is -2.10. The Bertz CT molecular complexity index is 1370. The average molecular weight is 433 g/mol. The monoisotopic (exact) mass is 432 g/mol. The number of aromatic nitrogens is 2. The molecule has 0 atom stereocenters. The first-order valence-corrected chi connectivity index (χ1v) is 9.67. The number of pyridine rings is 1. The molecule has 0 aliphatic rings. The third kappa shape index (κ3) is 4.15. The van der Waals surface area contributed by atoms with Gasteiger partial charge in [0, 0.05) is 23.4 Å². The minimum absolute atomic E-state index is 0.238. The number of benzene rings is 2. The number of hydrogen-bond acceptors (Lipinski definition) is 6. The molecule has 0 aliphatic carbocycles. The Kier molecular flexibility index (Phi) is 5.48. The largest absolute Gasteiger partial charge is 0.497 e. The summed E-state index contributed by atoms with van der Waals surface area (Å²) >= 11 is 6.22. The molecule has 0 saturated carbocycles. The van der Waals surface area contributed by atoms with Crippen molar-refractivity contribution in [1.82, 2.24) is 9.55 Å². The zero-order valence-electron chi connectivity index (χ0n) is 16.7. The first kappa shape index (κ1) is 20.3. The van der Waals surface area contributed by atoms with Crippen molar-refractivity contribution in [3.05, 3.63) is 87.4 Å². The van der Waals surface area contributed by atoms with Gasteiger partial charge in [-0.3, -0.25) is 9.36 Å². The SMILES string of the molecule is COc1ccc(C)c(Nc2ncc(-c3cc(C#N)cc(-n4c(Cl)cccc4=O)c3)o2)c1. The van der Waals surface area contributed by atoms with E-state index in [-0.39, 0.29) is 16.7 Å². The van der Waals surface area contributed by atoms with Gasteiger partial charge in [0.25, 0.3) is 11.6 Å². The van der Waals surface area contributed by atoms with Crippen molar-refractivity contribution < 1.29 is 9.15 Å². The molecular weight excluding hydrogens is 416 g/mol. The van der Waals surface area contributed by atoms with Crippen molar-refractivity contribution in [2.45, 2.75) is 6.92 Å². The van der Waals surface area contributed by atoms with Gasteiger partial charge in [0.2, 0.25) is 0 Å². The summed E-state index contributed by atoms with van der Waals surface area (Å²) in [6.45, 7) is 1.95. The molecule has 0 amide bonds. The van der Waals surface area contributed by atoms with E-state index in [1.165, 1.54) is 10.6 Å². The standard InChI is InChI=1S/C23H17ClN4O3/c1-14-6-7-18(30-2)11-19(14)27-23-26-13-20(31-23)16-8-15(12-25)9-17(10-16)28-21(24)4-3-5-22(28)29/h3-11,13H,1-2H3,(H,26,27). The molecule has 0 spiro atoms. The number of rotatable bonds is 5.